The number of oxazole rings is 1. The van der Waals surface area contributed by atoms with Crippen LogP contribution in [0.2, 0.25) is 0 Å². The van der Waals surface area contributed by atoms with Crippen molar-refractivity contribution < 1.29 is 12.8 Å². The summed E-state index contributed by atoms with van der Waals surface area (Å²) >= 11 is 0. The highest BCUT2D eigenvalue weighted by molar-refractivity contribution is 7.89. The van der Waals surface area contributed by atoms with Crippen molar-refractivity contribution in [1.82, 2.24) is 28.8 Å². The Morgan fingerprint density at radius 3 is 2.24 bits per heavy atom. The summed E-state index contributed by atoms with van der Waals surface area (Å²) in [5, 5.41) is 0. The Kier molecular flexibility index (Phi) is 5.66. The highest BCUT2D eigenvalue weighted by atomic mass is 32.2. The van der Waals surface area contributed by atoms with E-state index in [0.717, 1.165) is 28.6 Å². The van der Waals surface area contributed by atoms with E-state index in [-0.39, 0.29) is 4.90 Å². The van der Waals surface area contributed by atoms with E-state index in [9.17, 15) is 8.42 Å². The largest absolute Gasteiger partial charge is 0.449 e. The van der Waals surface area contributed by atoms with Gasteiger partial charge in [0, 0.05) is 50.4 Å². The Bertz CT molecular complexity index is 1420. The van der Waals surface area contributed by atoms with E-state index in [1.165, 1.54) is 10.6 Å². The fourth-order valence-corrected chi connectivity index (χ4v) is 5.39. The van der Waals surface area contributed by atoms with E-state index >= 15 is 0 Å². The van der Waals surface area contributed by atoms with Crippen LogP contribution in [0, 0.1) is 20.8 Å². The van der Waals surface area contributed by atoms with Crippen molar-refractivity contribution in [3.63, 3.8) is 0 Å². The van der Waals surface area contributed by atoms with Crippen molar-refractivity contribution >= 4 is 15.8 Å². The molecule has 1 aliphatic rings. The molecule has 1 saturated heterocycles. The van der Waals surface area contributed by atoms with E-state index in [0.29, 0.717) is 37.8 Å². The lowest BCUT2D eigenvalue weighted by molar-refractivity contribution is 0.383. The Hall–Kier alpha value is -3.57. The molecule has 0 atom stereocenters. The SMILES string of the molecule is Cc1nc(-c2ccc(S(=O)(=O)N3CCN(c4cc(-n5cnc(C)c5C)ncn4)CC3)cc2)co1. The van der Waals surface area contributed by atoms with Gasteiger partial charge in [-0.05, 0) is 26.0 Å². The molecule has 0 amide bonds. The average Bonchev–Trinajstić information content (AvgIpc) is 3.44. The molecule has 0 unspecified atom stereocenters. The number of hydrogen-bond acceptors (Lipinski definition) is 8. The first-order valence-electron chi connectivity index (χ1n) is 10.9. The first-order chi connectivity index (χ1) is 16.3. The van der Waals surface area contributed by atoms with E-state index in [2.05, 4.69) is 24.8 Å². The third kappa shape index (κ3) is 4.08. The second-order valence-electron chi connectivity index (χ2n) is 8.19. The van der Waals surface area contributed by atoms with Crippen molar-refractivity contribution in [2.24, 2.45) is 0 Å². The lowest BCUT2D eigenvalue weighted by atomic mass is 10.2. The number of nitrogens with zero attached hydrogens (tertiary/aromatic N) is 7. The van der Waals surface area contributed by atoms with Crippen molar-refractivity contribution in [1.29, 1.82) is 0 Å². The van der Waals surface area contributed by atoms with Gasteiger partial charge in [-0.1, -0.05) is 12.1 Å². The topological polar surface area (TPSA) is 110 Å². The summed E-state index contributed by atoms with van der Waals surface area (Å²) in [6, 6.07) is 8.65. The van der Waals surface area contributed by atoms with Crippen LogP contribution in [0.5, 0.6) is 0 Å². The van der Waals surface area contributed by atoms with Crippen molar-refractivity contribution in [2.75, 3.05) is 31.1 Å². The predicted octanol–water partition coefficient (Wildman–Crippen LogP) is 2.75. The van der Waals surface area contributed by atoms with Crippen LogP contribution in [0.3, 0.4) is 0 Å². The molecule has 4 heterocycles. The van der Waals surface area contributed by atoms with Crippen LogP contribution in [-0.4, -0.2) is 63.4 Å². The standard InChI is InChI=1S/C23H25N7O3S/c1-16-17(2)30(15-26-16)23-12-22(24-14-25-23)28-8-10-29(11-9-28)34(31,32)20-6-4-19(5-7-20)21-13-33-18(3)27-21/h4-7,12-15H,8-11H2,1-3H3. The Morgan fingerprint density at radius 2 is 1.62 bits per heavy atom. The molecule has 0 bridgehead atoms. The normalized spacial score (nSPS) is 15.1. The van der Waals surface area contributed by atoms with Gasteiger partial charge in [0.05, 0.1) is 10.6 Å². The van der Waals surface area contributed by atoms with E-state index < -0.39 is 10.0 Å². The van der Waals surface area contributed by atoms with Crippen LogP contribution < -0.4 is 4.90 Å². The highest BCUT2D eigenvalue weighted by Crippen LogP contribution is 2.24. The van der Waals surface area contributed by atoms with Gasteiger partial charge in [0.2, 0.25) is 10.0 Å². The zero-order valence-electron chi connectivity index (χ0n) is 19.2. The molecular formula is C23H25N7O3S. The maximum absolute atomic E-state index is 13.2. The molecule has 0 aliphatic carbocycles. The minimum atomic E-state index is -3.60. The third-order valence-corrected chi connectivity index (χ3v) is 8.02. The second kappa shape index (κ2) is 8.65. The first kappa shape index (κ1) is 22.2. The lowest BCUT2D eigenvalue weighted by Gasteiger charge is -2.34. The number of anilines is 1. The summed E-state index contributed by atoms with van der Waals surface area (Å²) in [4.78, 5) is 19.7. The van der Waals surface area contributed by atoms with Crippen LogP contribution in [0.1, 0.15) is 17.3 Å². The van der Waals surface area contributed by atoms with Gasteiger partial charge in [-0.25, -0.2) is 28.4 Å². The molecule has 10 nitrogen and oxygen atoms in total. The molecule has 5 rings (SSSR count). The molecule has 0 saturated carbocycles. The molecule has 0 N–H and O–H groups in total. The maximum atomic E-state index is 13.2. The molecule has 4 aromatic rings. The third-order valence-electron chi connectivity index (χ3n) is 6.11. The summed E-state index contributed by atoms with van der Waals surface area (Å²) in [6.07, 6.45) is 4.84. The number of sulfonamides is 1. The Labute approximate surface area is 198 Å². The number of imidazole rings is 1. The average molecular weight is 480 g/mol. The van der Waals surface area contributed by atoms with Gasteiger partial charge < -0.3 is 9.32 Å². The molecule has 1 aliphatic heterocycles. The molecule has 1 fully saturated rings. The Morgan fingerprint density at radius 1 is 0.912 bits per heavy atom. The molecular weight excluding hydrogens is 454 g/mol. The number of rotatable bonds is 5. The zero-order chi connectivity index (χ0) is 23.9. The van der Waals surface area contributed by atoms with Gasteiger partial charge in [-0.3, -0.25) is 4.57 Å². The summed E-state index contributed by atoms with van der Waals surface area (Å²) in [5.74, 6) is 2.07. The van der Waals surface area contributed by atoms with Gasteiger partial charge in [-0.15, -0.1) is 0 Å². The van der Waals surface area contributed by atoms with E-state index in [4.69, 9.17) is 4.42 Å². The summed E-state index contributed by atoms with van der Waals surface area (Å²) < 4.78 is 35.1. The van der Waals surface area contributed by atoms with E-state index in [1.54, 1.807) is 43.8 Å². The molecule has 0 radical (unpaired) electrons. The van der Waals surface area contributed by atoms with Crippen LogP contribution in [0.25, 0.3) is 17.1 Å². The van der Waals surface area contributed by atoms with Gasteiger partial charge in [0.25, 0.3) is 0 Å². The number of aromatic nitrogens is 5. The second-order valence-corrected chi connectivity index (χ2v) is 10.1. The number of hydrogen-bond donors (Lipinski definition) is 0. The number of aryl methyl sites for hydroxylation is 2. The highest BCUT2D eigenvalue weighted by Gasteiger charge is 2.29. The van der Waals surface area contributed by atoms with Gasteiger partial charge in [-0.2, -0.15) is 4.31 Å². The van der Waals surface area contributed by atoms with Gasteiger partial charge in [0.15, 0.2) is 5.89 Å². The molecule has 34 heavy (non-hydrogen) atoms. The fourth-order valence-electron chi connectivity index (χ4n) is 3.97. The quantitative estimate of drug-likeness (QED) is 0.430. The summed E-state index contributed by atoms with van der Waals surface area (Å²) in [5.41, 5.74) is 3.46. The van der Waals surface area contributed by atoms with Crippen LogP contribution in [0.4, 0.5) is 5.82 Å². The number of benzene rings is 1. The molecule has 1 aromatic carbocycles. The van der Waals surface area contributed by atoms with Crippen molar-refractivity contribution in [3.05, 3.63) is 66.5 Å². The zero-order valence-corrected chi connectivity index (χ0v) is 20.0. The summed E-state index contributed by atoms with van der Waals surface area (Å²) in [7, 11) is -3.60. The smallest absolute Gasteiger partial charge is 0.243 e. The van der Waals surface area contributed by atoms with Crippen molar-refractivity contribution in [2.45, 2.75) is 25.7 Å². The van der Waals surface area contributed by atoms with Gasteiger partial charge >= 0.3 is 0 Å². The predicted molar refractivity (Wildman–Crippen MR) is 126 cm³/mol. The summed E-state index contributed by atoms with van der Waals surface area (Å²) in [6.45, 7) is 7.53. The monoisotopic (exact) mass is 479 g/mol. The molecule has 0 spiro atoms. The van der Waals surface area contributed by atoms with Crippen LogP contribution in [0.15, 0.2) is 58.6 Å². The Balaban J connectivity index is 1.28. The molecule has 176 valence electrons. The first-order valence-corrected chi connectivity index (χ1v) is 12.4. The van der Waals surface area contributed by atoms with E-state index in [1.807, 2.05) is 24.5 Å². The maximum Gasteiger partial charge on any atom is 0.243 e. The minimum Gasteiger partial charge on any atom is -0.449 e. The van der Waals surface area contributed by atoms with Crippen LogP contribution >= 0.6 is 0 Å². The van der Waals surface area contributed by atoms with Crippen LogP contribution in [-0.2, 0) is 10.0 Å². The van der Waals surface area contributed by atoms with Gasteiger partial charge in [0.1, 0.15) is 36.2 Å². The molecule has 11 heteroatoms. The number of piperazine rings is 1. The lowest BCUT2D eigenvalue weighted by Crippen LogP contribution is -2.48. The van der Waals surface area contributed by atoms with Crippen molar-refractivity contribution in [3.8, 4) is 17.1 Å². The molecule has 3 aromatic heterocycles. The fraction of sp³-hybridized carbons (Fsp3) is 0.304. The minimum absolute atomic E-state index is 0.264.